The summed E-state index contributed by atoms with van der Waals surface area (Å²) in [6, 6.07) is 11.8. The number of methoxy groups -OCH3 is 2. The van der Waals surface area contributed by atoms with Crippen molar-refractivity contribution in [2.24, 2.45) is 0 Å². The van der Waals surface area contributed by atoms with Crippen molar-refractivity contribution in [3.8, 4) is 22.8 Å². The van der Waals surface area contributed by atoms with E-state index in [2.05, 4.69) is 20.5 Å². The molecule has 37 heavy (non-hydrogen) atoms. The lowest BCUT2D eigenvalue weighted by molar-refractivity contribution is 0.0499. The lowest BCUT2D eigenvalue weighted by atomic mass is 10.1. The van der Waals surface area contributed by atoms with Gasteiger partial charge in [0.2, 0.25) is 0 Å². The van der Waals surface area contributed by atoms with Crippen molar-refractivity contribution < 1.29 is 32.8 Å². The minimum absolute atomic E-state index is 0.355. The number of ether oxygens (including phenoxy) is 6. The lowest BCUT2D eigenvalue weighted by Crippen LogP contribution is -2.12. The molecule has 0 atom stereocenters. The summed E-state index contributed by atoms with van der Waals surface area (Å²) in [5.41, 5.74) is 2.60. The molecule has 0 aliphatic heterocycles. The minimum atomic E-state index is 0.355. The number of nitrogens with zero attached hydrogens (tertiary/aromatic N) is 2. The molecule has 11 heteroatoms. The fraction of sp³-hybridized carbons (Fsp3) is 0.385. The zero-order valence-electron chi connectivity index (χ0n) is 21.0. The number of nitrogens with one attached hydrogen (secondary N) is 2. The Morgan fingerprint density at radius 1 is 0.784 bits per heavy atom. The summed E-state index contributed by atoms with van der Waals surface area (Å²) in [5, 5.41) is 11.2. The number of aromatic amines is 1. The van der Waals surface area contributed by atoms with Gasteiger partial charge in [-0.25, -0.2) is 4.98 Å². The van der Waals surface area contributed by atoms with E-state index in [9.17, 15) is 0 Å². The van der Waals surface area contributed by atoms with Crippen molar-refractivity contribution in [1.82, 2.24) is 15.2 Å². The van der Waals surface area contributed by atoms with Gasteiger partial charge in [-0.3, -0.25) is 5.10 Å². The molecule has 0 saturated heterocycles. The zero-order chi connectivity index (χ0) is 25.7. The number of H-pyrrole nitrogens is 1. The molecule has 11 nitrogen and oxygen atoms in total. The van der Waals surface area contributed by atoms with Crippen molar-refractivity contribution >= 4 is 22.6 Å². The average molecular weight is 513 g/mol. The molecule has 0 fully saturated rings. The predicted octanol–water partition coefficient (Wildman–Crippen LogP) is 4.05. The summed E-state index contributed by atoms with van der Waals surface area (Å²) in [7, 11) is 3.27. The van der Waals surface area contributed by atoms with Crippen LogP contribution in [-0.2, 0) is 18.9 Å². The third-order valence-electron chi connectivity index (χ3n) is 5.26. The molecule has 2 aromatic heterocycles. The topological polar surface area (TPSA) is 122 Å². The van der Waals surface area contributed by atoms with E-state index in [4.69, 9.17) is 32.8 Å². The van der Waals surface area contributed by atoms with Gasteiger partial charge in [0.1, 0.15) is 13.2 Å². The molecule has 0 unspecified atom stereocenters. The Bertz CT molecular complexity index is 1230. The van der Waals surface area contributed by atoms with Crippen LogP contribution in [0.2, 0.25) is 0 Å². The van der Waals surface area contributed by atoms with Gasteiger partial charge in [0, 0.05) is 30.9 Å². The van der Waals surface area contributed by atoms with Crippen LogP contribution in [0.25, 0.3) is 22.2 Å². The van der Waals surface area contributed by atoms with E-state index in [0.717, 1.165) is 22.2 Å². The lowest BCUT2D eigenvalue weighted by Gasteiger charge is -2.14. The second-order valence-electron chi connectivity index (χ2n) is 7.90. The van der Waals surface area contributed by atoms with Gasteiger partial charge in [-0.15, -0.1) is 0 Å². The van der Waals surface area contributed by atoms with Gasteiger partial charge in [0.25, 0.3) is 6.01 Å². The number of aromatic nitrogens is 3. The molecule has 2 heterocycles. The van der Waals surface area contributed by atoms with Crippen LogP contribution >= 0.6 is 0 Å². The van der Waals surface area contributed by atoms with Gasteiger partial charge in [-0.1, -0.05) is 0 Å². The van der Waals surface area contributed by atoms with Crippen LogP contribution in [0.15, 0.2) is 53.2 Å². The van der Waals surface area contributed by atoms with Gasteiger partial charge >= 0.3 is 0 Å². The van der Waals surface area contributed by atoms with E-state index < -0.39 is 0 Å². The third-order valence-corrected chi connectivity index (χ3v) is 5.26. The maximum Gasteiger partial charge on any atom is 0.299 e. The molecule has 0 bridgehead atoms. The Balaban J connectivity index is 1.41. The van der Waals surface area contributed by atoms with Gasteiger partial charge in [0.05, 0.1) is 57.6 Å². The Kier molecular flexibility index (Phi) is 10.1. The summed E-state index contributed by atoms with van der Waals surface area (Å²) < 4.78 is 38.8. The first kappa shape index (κ1) is 26.4. The van der Waals surface area contributed by atoms with Crippen molar-refractivity contribution in [3.63, 3.8) is 0 Å². The molecule has 198 valence electrons. The highest BCUT2D eigenvalue weighted by Crippen LogP contribution is 2.34. The number of anilines is 2. The van der Waals surface area contributed by atoms with E-state index in [-0.39, 0.29) is 0 Å². The third kappa shape index (κ3) is 7.92. The SMILES string of the molecule is COCCOCCOc1ccc(-c2cnc(Nc3ccc4[nH]ncc4c3)o2)cc1OCCOCCOC. The number of benzene rings is 2. The molecule has 0 radical (unpaired) electrons. The van der Waals surface area contributed by atoms with Crippen LogP contribution in [0, 0.1) is 0 Å². The van der Waals surface area contributed by atoms with E-state index in [1.54, 1.807) is 26.6 Å². The molecule has 0 aliphatic carbocycles. The number of oxazole rings is 1. The highest BCUT2D eigenvalue weighted by atomic mass is 16.6. The number of fused-ring (bicyclic) bond motifs is 1. The van der Waals surface area contributed by atoms with E-state index in [1.165, 1.54) is 0 Å². The molecule has 2 N–H and O–H groups in total. The number of hydrogen-bond acceptors (Lipinski definition) is 10. The minimum Gasteiger partial charge on any atom is -0.487 e. The number of rotatable bonds is 17. The molecule has 0 amide bonds. The van der Waals surface area contributed by atoms with Crippen LogP contribution in [0.1, 0.15) is 0 Å². The summed E-state index contributed by atoms with van der Waals surface area (Å²) in [6.45, 7) is 3.68. The van der Waals surface area contributed by atoms with Gasteiger partial charge < -0.3 is 38.2 Å². The highest BCUT2D eigenvalue weighted by molar-refractivity contribution is 5.82. The van der Waals surface area contributed by atoms with E-state index in [1.807, 2.05) is 36.4 Å². The van der Waals surface area contributed by atoms with E-state index in [0.29, 0.717) is 76.1 Å². The standard InChI is InChI=1S/C26H32N4O7/c1-31-7-9-33-11-13-35-23-6-3-19(16-24(23)36-14-12-34-10-8-32-2)25-18-27-26(37-25)29-21-4-5-22-20(15-21)17-28-30-22/h3-6,15-18H,7-14H2,1-2H3,(H,27,29)(H,28,30). The smallest absolute Gasteiger partial charge is 0.299 e. The first-order chi connectivity index (χ1) is 18.3. The van der Waals surface area contributed by atoms with Crippen LogP contribution < -0.4 is 14.8 Å². The molecule has 0 spiro atoms. The molecular weight excluding hydrogens is 480 g/mol. The zero-order valence-corrected chi connectivity index (χ0v) is 21.0. The van der Waals surface area contributed by atoms with E-state index >= 15 is 0 Å². The Hall–Kier alpha value is -3.64. The van der Waals surface area contributed by atoms with Crippen LogP contribution in [0.5, 0.6) is 11.5 Å². The Labute approximate surface area is 215 Å². The first-order valence-electron chi connectivity index (χ1n) is 12.0. The Morgan fingerprint density at radius 3 is 2.27 bits per heavy atom. The second-order valence-corrected chi connectivity index (χ2v) is 7.90. The average Bonchev–Trinajstić information content (AvgIpc) is 3.58. The molecular formula is C26H32N4O7. The summed E-state index contributed by atoms with van der Waals surface area (Å²) in [6.07, 6.45) is 3.43. The van der Waals surface area contributed by atoms with Crippen LogP contribution in [0.4, 0.5) is 11.7 Å². The summed E-state index contributed by atoms with van der Waals surface area (Å²) >= 11 is 0. The second kappa shape index (κ2) is 14.2. The van der Waals surface area contributed by atoms with Gasteiger partial charge in [-0.2, -0.15) is 5.10 Å². The van der Waals surface area contributed by atoms with Gasteiger partial charge in [0.15, 0.2) is 17.3 Å². The summed E-state index contributed by atoms with van der Waals surface area (Å²) in [4.78, 5) is 4.36. The Morgan fingerprint density at radius 2 is 1.51 bits per heavy atom. The maximum atomic E-state index is 5.97. The van der Waals surface area contributed by atoms with Crippen LogP contribution in [0.3, 0.4) is 0 Å². The van der Waals surface area contributed by atoms with Crippen molar-refractivity contribution in [2.75, 3.05) is 72.4 Å². The van der Waals surface area contributed by atoms with Crippen molar-refractivity contribution in [3.05, 3.63) is 48.8 Å². The summed E-state index contributed by atoms with van der Waals surface area (Å²) in [5.74, 6) is 1.76. The first-order valence-corrected chi connectivity index (χ1v) is 12.0. The quantitative estimate of drug-likeness (QED) is 0.200. The number of hydrogen-bond donors (Lipinski definition) is 2. The fourth-order valence-electron chi connectivity index (χ4n) is 3.41. The predicted molar refractivity (Wildman–Crippen MR) is 138 cm³/mol. The molecule has 0 aliphatic rings. The molecule has 4 rings (SSSR count). The molecule has 4 aromatic rings. The monoisotopic (exact) mass is 512 g/mol. The molecule has 0 saturated carbocycles. The van der Waals surface area contributed by atoms with Crippen LogP contribution in [-0.4, -0.2) is 82.3 Å². The largest absolute Gasteiger partial charge is 0.487 e. The fourth-order valence-corrected chi connectivity index (χ4v) is 3.41. The van der Waals surface area contributed by atoms with Gasteiger partial charge in [-0.05, 0) is 36.4 Å². The van der Waals surface area contributed by atoms with Crippen molar-refractivity contribution in [1.29, 1.82) is 0 Å². The van der Waals surface area contributed by atoms with Crippen molar-refractivity contribution in [2.45, 2.75) is 0 Å². The normalized spacial score (nSPS) is 11.2. The maximum absolute atomic E-state index is 5.97. The molecule has 2 aromatic carbocycles. The highest BCUT2D eigenvalue weighted by Gasteiger charge is 2.13.